The number of alkyl halides is 3. The van der Waals surface area contributed by atoms with Gasteiger partial charge in [0.1, 0.15) is 5.69 Å². The molecule has 2 aromatic heterocycles. The Morgan fingerprint density at radius 2 is 2.21 bits per heavy atom. The van der Waals surface area contributed by atoms with Crippen LogP contribution in [0.1, 0.15) is 17.4 Å². The van der Waals surface area contributed by atoms with Crippen LogP contribution in [-0.2, 0) is 4.74 Å². The highest BCUT2D eigenvalue weighted by atomic mass is 19.4. The van der Waals surface area contributed by atoms with Crippen LogP contribution in [0.4, 0.5) is 13.2 Å². The Kier molecular flexibility index (Phi) is 3.32. The molecule has 0 saturated carbocycles. The van der Waals surface area contributed by atoms with Crippen molar-refractivity contribution >= 4 is 16.9 Å². The molecule has 0 spiro atoms. The zero-order valence-electron chi connectivity index (χ0n) is 9.75. The van der Waals surface area contributed by atoms with Crippen molar-refractivity contribution in [2.45, 2.75) is 13.3 Å². The Balaban J connectivity index is 2.42. The first-order valence-electron chi connectivity index (χ1n) is 5.31. The number of nitrogens with zero attached hydrogens (tertiary/aromatic N) is 1. The highest BCUT2D eigenvalue weighted by Crippen LogP contribution is 2.29. The van der Waals surface area contributed by atoms with E-state index in [-0.39, 0.29) is 17.7 Å². The molecule has 0 aromatic carbocycles. The van der Waals surface area contributed by atoms with Crippen molar-refractivity contribution in [1.82, 2.24) is 9.97 Å². The van der Waals surface area contributed by atoms with E-state index in [1.165, 1.54) is 12.1 Å². The molecule has 0 amide bonds. The number of pyridine rings is 1. The maximum Gasteiger partial charge on any atom is 0.574 e. The van der Waals surface area contributed by atoms with Gasteiger partial charge in [-0.25, -0.2) is 9.78 Å². The lowest BCUT2D eigenvalue weighted by Crippen LogP contribution is -2.17. The van der Waals surface area contributed by atoms with Gasteiger partial charge in [0.15, 0.2) is 0 Å². The first-order chi connectivity index (χ1) is 8.90. The molecule has 0 radical (unpaired) electrons. The van der Waals surface area contributed by atoms with Gasteiger partial charge in [-0.2, -0.15) is 0 Å². The lowest BCUT2D eigenvalue weighted by atomic mass is 10.3. The predicted octanol–water partition coefficient (Wildman–Crippen LogP) is 2.64. The number of fused-ring (bicyclic) bond motifs is 1. The minimum Gasteiger partial charge on any atom is -0.461 e. The normalized spacial score (nSPS) is 11.6. The summed E-state index contributed by atoms with van der Waals surface area (Å²) >= 11 is 0. The summed E-state index contributed by atoms with van der Waals surface area (Å²) in [4.78, 5) is 17.6. The number of halogens is 3. The van der Waals surface area contributed by atoms with Gasteiger partial charge in [0.25, 0.3) is 0 Å². The molecule has 8 heteroatoms. The van der Waals surface area contributed by atoms with Crippen molar-refractivity contribution in [2.24, 2.45) is 0 Å². The summed E-state index contributed by atoms with van der Waals surface area (Å²) in [6, 6.07) is 2.64. The molecule has 19 heavy (non-hydrogen) atoms. The van der Waals surface area contributed by atoms with Gasteiger partial charge >= 0.3 is 12.3 Å². The van der Waals surface area contributed by atoms with Crippen LogP contribution in [-0.4, -0.2) is 28.9 Å². The van der Waals surface area contributed by atoms with Crippen LogP contribution in [0, 0.1) is 0 Å². The summed E-state index contributed by atoms with van der Waals surface area (Å²) in [6.07, 6.45) is -3.70. The molecule has 0 fully saturated rings. The highest BCUT2D eigenvalue weighted by molar-refractivity contribution is 5.96. The van der Waals surface area contributed by atoms with Crippen LogP contribution < -0.4 is 4.74 Å². The molecule has 2 aromatic rings. The van der Waals surface area contributed by atoms with E-state index >= 15 is 0 Å². The Bertz CT molecular complexity index is 607. The quantitative estimate of drug-likeness (QED) is 0.874. The van der Waals surface area contributed by atoms with E-state index in [0.717, 1.165) is 6.20 Å². The smallest absolute Gasteiger partial charge is 0.461 e. The molecule has 0 aliphatic rings. The van der Waals surface area contributed by atoms with E-state index in [1.807, 2.05) is 0 Å². The minimum atomic E-state index is -4.84. The summed E-state index contributed by atoms with van der Waals surface area (Å²) in [5.74, 6) is -1.27. The second-order valence-electron chi connectivity index (χ2n) is 3.53. The van der Waals surface area contributed by atoms with Crippen LogP contribution >= 0.6 is 0 Å². The number of rotatable bonds is 3. The third kappa shape index (κ3) is 2.95. The SMILES string of the molecule is CCOC(=O)c1cc2c(OC(F)(F)F)nccc2[nH]1. The van der Waals surface area contributed by atoms with Gasteiger partial charge < -0.3 is 14.5 Å². The molecule has 102 valence electrons. The Morgan fingerprint density at radius 1 is 1.47 bits per heavy atom. The van der Waals surface area contributed by atoms with E-state index in [2.05, 4.69) is 14.7 Å². The van der Waals surface area contributed by atoms with Crippen molar-refractivity contribution in [3.8, 4) is 5.88 Å². The van der Waals surface area contributed by atoms with Gasteiger partial charge in [-0.1, -0.05) is 0 Å². The van der Waals surface area contributed by atoms with Crippen molar-refractivity contribution < 1.29 is 27.4 Å². The summed E-state index contributed by atoms with van der Waals surface area (Å²) in [6.45, 7) is 1.79. The number of hydrogen-bond acceptors (Lipinski definition) is 4. The van der Waals surface area contributed by atoms with Gasteiger partial charge in [-0.3, -0.25) is 0 Å². The number of carbonyl (C=O) groups excluding carboxylic acids is 1. The number of H-pyrrole nitrogens is 1. The fourth-order valence-electron chi connectivity index (χ4n) is 1.54. The maximum atomic E-state index is 12.2. The monoisotopic (exact) mass is 274 g/mol. The van der Waals surface area contributed by atoms with Crippen molar-refractivity contribution in [1.29, 1.82) is 0 Å². The van der Waals surface area contributed by atoms with Crippen LogP contribution in [0.5, 0.6) is 5.88 Å². The zero-order chi connectivity index (χ0) is 14.0. The first-order valence-corrected chi connectivity index (χ1v) is 5.31. The van der Waals surface area contributed by atoms with E-state index in [0.29, 0.717) is 5.52 Å². The highest BCUT2D eigenvalue weighted by Gasteiger charge is 2.32. The molecule has 0 aliphatic heterocycles. The van der Waals surface area contributed by atoms with Crippen molar-refractivity contribution in [3.05, 3.63) is 24.0 Å². The number of aromatic nitrogens is 2. The molecule has 5 nitrogen and oxygen atoms in total. The molecular weight excluding hydrogens is 265 g/mol. The third-order valence-electron chi connectivity index (χ3n) is 2.22. The lowest BCUT2D eigenvalue weighted by molar-refractivity contribution is -0.275. The lowest BCUT2D eigenvalue weighted by Gasteiger charge is -2.07. The Hall–Kier alpha value is -2.25. The van der Waals surface area contributed by atoms with Gasteiger partial charge in [-0.15, -0.1) is 13.2 Å². The summed E-state index contributed by atoms with van der Waals surface area (Å²) in [5.41, 5.74) is 0.342. The number of aromatic amines is 1. The number of hydrogen-bond donors (Lipinski definition) is 1. The summed E-state index contributed by atoms with van der Waals surface area (Å²) < 4.78 is 45.1. The predicted molar refractivity (Wildman–Crippen MR) is 58.7 cm³/mol. The molecule has 0 bridgehead atoms. The second kappa shape index (κ2) is 4.79. The zero-order valence-corrected chi connectivity index (χ0v) is 9.75. The molecule has 0 aliphatic carbocycles. The van der Waals surface area contributed by atoms with Crippen LogP contribution in [0.2, 0.25) is 0 Å². The maximum absolute atomic E-state index is 12.2. The van der Waals surface area contributed by atoms with E-state index in [1.54, 1.807) is 6.92 Å². The summed E-state index contributed by atoms with van der Waals surface area (Å²) in [5, 5.41) is 0.0582. The van der Waals surface area contributed by atoms with E-state index < -0.39 is 18.2 Å². The molecule has 2 heterocycles. The number of esters is 1. The molecule has 0 atom stereocenters. The van der Waals surface area contributed by atoms with Gasteiger partial charge in [0.2, 0.25) is 5.88 Å². The number of nitrogens with one attached hydrogen (secondary N) is 1. The van der Waals surface area contributed by atoms with Gasteiger partial charge in [0, 0.05) is 6.20 Å². The van der Waals surface area contributed by atoms with Crippen LogP contribution in [0.3, 0.4) is 0 Å². The summed E-state index contributed by atoms with van der Waals surface area (Å²) in [7, 11) is 0. The first kappa shape index (κ1) is 13.2. The van der Waals surface area contributed by atoms with Gasteiger partial charge in [-0.05, 0) is 19.1 Å². The molecule has 0 saturated heterocycles. The fourth-order valence-corrected chi connectivity index (χ4v) is 1.54. The van der Waals surface area contributed by atoms with Crippen molar-refractivity contribution in [2.75, 3.05) is 6.61 Å². The number of carbonyl (C=O) groups is 1. The van der Waals surface area contributed by atoms with Crippen LogP contribution in [0.25, 0.3) is 10.9 Å². The largest absolute Gasteiger partial charge is 0.574 e. The molecule has 2 rings (SSSR count). The minimum absolute atomic E-state index is 0.0388. The standard InChI is InChI=1S/C11H9F3N2O3/c1-2-18-10(17)8-5-6-7(16-8)3-4-15-9(6)19-11(12,13)14/h3-5,16H,2H2,1H3. The third-order valence-corrected chi connectivity index (χ3v) is 2.22. The molecule has 1 N–H and O–H groups in total. The Morgan fingerprint density at radius 3 is 2.84 bits per heavy atom. The molecular formula is C11H9F3N2O3. The number of ether oxygens (including phenoxy) is 2. The molecule has 0 unspecified atom stereocenters. The second-order valence-corrected chi connectivity index (χ2v) is 3.53. The Labute approximate surface area is 105 Å². The average molecular weight is 274 g/mol. The average Bonchev–Trinajstić information content (AvgIpc) is 2.72. The fraction of sp³-hybridized carbons (Fsp3) is 0.273. The van der Waals surface area contributed by atoms with Gasteiger partial charge in [0.05, 0.1) is 17.5 Å². The van der Waals surface area contributed by atoms with Crippen molar-refractivity contribution in [3.63, 3.8) is 0 Å². The topological polar surface area (TPSA) is 64.2 Å². The van der Waals surface area contributed by atoms with E-state index in [4.69, 9.17) is 4.74 Å². The van der Waals surface area contributed by atoms with E-state index in [9.17, 15) is 18.0 Å². The van der Waals surface area contributed by atoms with Crippen LogP contribution in [0.15, 0.2) is 18.3 Å².